The van der Waals surface area contributed by atoms with Crippen LogP contribution < -0.4 is 10.1 Å². The van der Waals surface area contributed by atoms with Gasteiger partial charge >= 0.3 is 5.69 Å². The zero-order valence-electron chi connectivity index (χ0n) is 10.7. The Kier molecular flexibility index (Phi) is 3.69. The molecule has 18 heavy (non-hydrogen) atoms. The lowest BCUT2D eigenvalue weighted by atomic mass is 10.2. The fourth-order valence-corrected chi connectivity index (χ4v) is 2.17. The van der Waals surface area contributed by atoms with Gasteiger partial charge in [-0.05, 0) is 31.4 Å². The molecule has 0 saturated heterocycles. The van der Waals surface area contributed by atoms with Crippen molar-refractivity contribution >= 4 is 11.4 Å². The van der Waals surface area contributed by atoms with Crippen molar-refractivity contribution in [2.45, 2.75) is 32.7 Å². The predicted molar refractivity (Wildman–Crippen MR) is 70.1 cm³/mol. The maximum absolute atomic E-state index is 11.2. The number of rotatable bonds is 6. The second-order valence-corrected chi connectivity index (χ2v) is 4.50. The number of hydrogen-bond acceptors (Lipinski definition) is 4. The quantitative estimate of drug-likeness (QED) is 0.622. The predicted octanol–water partition coefficient (Wildman–Crippen LogP) is 3.20. The highest BCUT2D eigenvalue weighted by Crippen LogP contribution is 2.41. The van der Waals surface area contributed by atoms with Crippen molar-refractivity contribution in [3.05, 3.63) is 28.3 Å². The van der Waals surface area contributed by atoms with E-state index in [1.54, 1.807) is 18.2 Å². The van der Waals surface area contributed by atoms with Crippen LogP contribution in [-0.2, 0) is 0 Å². The van der Waals surface area contributed by atoms with Crippen molar-refractivity contribution in [3.8, 4) is 5.75 Å². The van der Waals surface area contributed by atoms with Gasteiger partial charge in [-0.15, -0.1) is 0 Å². The molecule has 0 spiro atoms. The largest absolute Gasteiger partial charge is 0.487 e. The molecular formula is C13H18N2O3. The van der Waals surface area contributed by atoms with Crippen molar-refractivity contribution in [2.24, 2.45) is 5.92 Å². The van der Waals surface area contributed by atoms with E-state index < -0.39 is 0 Å². The molecule has 1 saturated carbocycles. The van der Waals surface area contributed by atoms with Crippen LogP contribution in [0, 0.1) is 16.0 Å². The lowest BCUT2D eigenvalue weighted by Gasteiger charge is -2.10. The molecular weight excluding hydrogens is 232 g/mol. The third-order valence-corrected chi connectivity index (χ3v) is 3.27. The Labute approximate surface area is 106 Å². The Balaban J connectivity index is 2.23. The third kappa shape index (κ3) is 2.55. The summed E-state index contributed by atoms with van der Waals surface area (Å²) in [6.45, 7) is 4.38. The van der Waals surface area contributed by atoms with Crippen LogP contribution in [0.2, 0.25) is 0 Å². The standard InChI is InChI=1S/C13H18N2O3/c1-3-9-8-11(9)14-10-6-5-7-12(18-4-2)13(10)15(16)17/h5-7,9,11,14H,3-4,8H2,1-2H3. The highest BCUT2D eigenvalue weighted by molar-refractivity contribution is 5.69. The topological polar surface area (TPSA) is 64.4 Å². The van der Waals surface area contributed by atoms with Crippen molar-refractivity contribution in [2.75, 3.05) is 11.9 Å². The van der Waals surface area contributed by atoms with E-state index in [2.05, 4.69) is 12.2 Å². The lowest BCUT2D eigenvalue weighted by molar-refractivity contribution is -0.384. The Bertz CT molecular complexity index is 448. The third-order valence-electron chi connectivity index (χ3n) is 3.27. The molecule has 1 aromatic carbocycles. The SMILES string of the molecule is CCOc1cccc(NC2CC2CC)c1[N+](=O)[O-]. The average molecular weight is 250 g/mol. The van der Waals surface area contributed by atoms with Crippen molar-refractivity contribution in [1.29, 1.82) is 0 Å². The summed E-state index contributed by atoms with van der Waals surface area (Å²) in [4.78, 5) is 10.8. The Hall–Kier alpha value is -1.78. The maximum atomic E-state index is 11.2. The van der Waals surface area contributed by atoms with Gasteiger partial charge in [0.2, 0.25) is 0 Å². The normalized spacial score (nSPS) is 21.4. The fraction of sp³-hybridized carbons (Fsp3) is 0.538. The molecule has 98 valence electrons. The molecule has 1 N–H and O–H groups in total. The van der Waals surface area contributed by atoms with Crippen LogP contribution in [0.5, 0.6) is 5.75 Å². The number of ether oxygens (including phenoxy) is 1. The summed E-state index contributed by atoms with van der Waals surface area (Å²) in [6, 6.07) is 5.53. The first-order valence-corrected chi connectivity index (χ1v) is 6.34. The zero-order chi connectivity index (χ0) is 13.1. The first-order chi connectivity index (χ1) is 8.67. The smallest absolute Gasteiger partial charge is 0.333 e. The summed E-state index contributed by atoms with van der Waals surface area (Å²) in [5, 5.41) is 14.4. The Morgan fingerprint density at radius 2 is 2.28 bits per heavy atom. The lowest BCUT2D eigenvalue weighted by Crippen LogP contribution is -2.08. The molecule has 1 fully saturated rings. The van der Waals surface area contributed by atoms with Gasteiger partial charge in [-0.2, -0.15) is 0 Å². The number of para-hydroxylation sites is 1. The summed E-state index contributed by atoms with van der Waals surface area (Å²) >= 11 is 0. The van der Waals surface area contributed by atoms with E-state index >= 15 is 0 Å². The van der Waals surface area contributed by atoms with Gasteiger partial charge in [-0.1, -0.05) is 19.4 Å². The van der Waals surface area contributed by atoms with E-state index in [1.165, 1.54) is 0 Å². The summed E-state index contributed by atoms with van der Waals surface area (Å²) in [5.74, 6) is 0.974. The van der Waals surface area contributed by atoms with Gasteiger partial charge in [0.05, 0.1) is 11.5 Å². The molecule has 2 atom stereocenters. The number of nitro groups is 1. The van der Waals surface area contributed by atoms with Crippen molar-refractivity contribution < 1.29 is 9.66 Å². The Morgan fingerprint density at radius 3 is 2.83 bits per heavy atom. The minimum atomic E-state index is -0.378. The summed E-state index contributed by atoms with van der Waals surface area (Å²) in [5.41, 5.74) is 0.605. The van der Waals surface area contributed by atoms with Gasteiger partial charge in [0.15, 0.2) is 5.75 Å². The molecule has 0 bridgehead atoms. The monoisotopic (exact) mass is 250 g/mol. The number of benzene rings is 1. The van der Waals surface area contributed by atoms with E-state index in [0.717, 1.165) is 12.8 Å². The van der Waals surface area contributed by atoms with Crippen molar-refractivity contribution in [1.82, 2.24) is 0 Å². The van der Waals surface area contributed by atoms with Crippen LogP contribution in [0.25, 0.3) is 0 Å². The van der Waals surface area contributed by atoms with Crippen LogP contribution in [0.1, 0.15) is 26.7 Å². The highest BCUT2D eigenvalue weighted by atomic mass is 16.6. The molecule has 5 nitrogen and oxygen atoms in total. The number of nitrogens with zero attached hydrogens (tertiary/aromatic N) is 1. The van der Waals surface area contributed by atoms with E-state index in [-0.39, 0.29) is 10.6 Å². The molecule has 0 amide bonds. The second-order valence-electron chi connectivity index (χ2n) is 4.50. The first kappa shape index (κ1) is 12.7. The minimum absolute atomic E-state index is 0.0427. The molecule has 1 aliphatic carbocycles. The second kappa shape index (κ2) is 5.25. The van der Waals surface area contributed by atoms with Crippen molar-refractivity contribution in [3.63, 3.8) is 0 Å². The van der Waals surface area contributed by atoms with Gasteiger partial charge < -0.3 is 10.1 Å². The molecule has 0 radical (unpaired) electrons. The van der Waals surface area contributed by atoms with E-state index in [9.17, 15) is 10.1 Å². The molecule has 2 unspecified atom stereocenters. The van der Waals surface area contributed by atoms with Gasteiger partial charge in [0.25, 0.3) is 0 Å². The van der Waals surface area contributed by atoms with E-state index in [1.807, 2.05) is 6.92 Å². The van der Waals surface area contributed by atoms with E-state index in [0.29, 0.717) is 30.0 Å². The van der Waals surface area contributed by atoms with Crippen LogP contribution in [0.4, 0.5) is 11.4 Å². The summed E-state index contributed by atoms with van der Waals surface area (Å²) in [7, 11) is 0. The zero-order valence-corrected chi connectivity index (χ0v) is 10.7. The summed E-state index contributed by atoms with van der Waals surface area (Å²) < 4.78 is 5.31. The van der Waals surface area contributed by atoms with Gasteiger partial charge in [0, 0.05) is 6.04 Å². The Morgan fingerprint density at radius 1 is 1.50 bits per heavy atom. The number of nitrogens with one attached hydrogen (secondary N) is 1. The summed E-state index contributed by atoms with van der Waals surface area (Å²) in [6.07, 6.45) is 2.20. The van der Waals surface area contributed by atoms with Crippen LogP contribution in [-0.4, -0.2) is 17.6 Å². The molecule has 5 heteroatoms. The highest BCUT2D eigenvalue weighted by Gasteiger charge is 2.36. The van der Waals surface area contributed by atoms with Crippen LogP contribution >= 0.6 is 0 Å². The molecule has 1 aliphatic rings. The first-order valence-electron chi connectivity index (χ1n) is 6.34. The average Bonchev–Trinajstić information content (AvgIpc) is 3.08. The number of anilines is 1. The molecule has 1 aromatic rings. The van der Waals surface area contributed by atoms with Crippen LogP contribution in [0.15, 0.2) is 18.2 Å². The minimum Gasteiger partial charge on any atom is -0.487 e. The van der Waals surface area contributed by atoms with Gasteiger partial charge in [-0.3, -0.25) is 10.1 Å². The van der Waals surface area contributed by atoms with E-state index in [4.69, 9.17) is 4.74 Å². The van der Waals surface area contributed by atoms with Gasteiger partial charge in [-0.25, -0.2) is 0 Å². The molecule has 0 aromatic heterocycles. The fourth-order valence-electron chi connectivity index (χ4n) is 2.17. The number of nitro benzene ring substituents is 1. The molecule has 2 rings (SSSR count). The molecule has 0 heterocycles. The number of hydrogen-bond donors (Lipinski definition) is 1. The van der Waals surface area contributed by atoms with Crippen LogP contribution in [0.3, 0.4) is 0 Å². The van der Waals surface area contributed by atoms with Gasteiger partial charge in [0.1, 0.15) is 5.69 Å². The molecule has 0 aliphatic heterocycles. The maximum Gasteiger partial charge on any atom is 0.333 e.